The molecule has 1 heterocycles. The molecular formula is C13H26N2O. The third-order valence-corrected chi connectivity index (χ3v) is 4.30. The highest BCUT2D eigenvalue weighted by atomic mass is 16.3. The smallest absolute Gasteiger partial charge is 0.0693 e. The number of hydrogen-bond acceptors (Lipinski definition) is 3. The van der Waals surface area contributed by atoms with E-state index in [1.54, 1.807) is 0 Å². The molecule has 0 aromatic carbocycles. The van der Waals surface area contributed by atoms with Crippen molar-refractivity contribution < 1.29 is 5.11 Å². The molecule has 0 bridgehead atoms. The Labute approximate surface area is 99.2 Å². The Morgan fingerprint density at radius 1 is 1.19 bits per heavy atom. The molecule has 94 valence electrons. The molecule has 3 heteroatoms. The zero-order valence-corrected chi connectivity index (χ0v) is 10.5. The van der Waals surface area contributed by atoms with Crippen molar-refractivity contribution in [3.05, 3.63) is 0 Å². The van der Waals surface area contributed by atoms with E-state index in [4.69, 9.17) is 0 Å². The second kappa shape index (κ2) is 5.99. The third-order valence-electron chi connectivity index (χ3n) is 4.30. The second-order valence-electron chi connectivity index (χ2n) is 5.39. The molecule has 0 spiro atoms. The molecule has 16 heavy (non-hydrogen) atoms. The standard InChI is InChI=1S/C13H26N2O/c1-2-15-8-6-11(7-9-15)10-14-12-4-3-5-13(12)16/h11-14,16H,2-10H2,1H3/t12-,13-/m1/s1. The number of piperidine rings is 1. The van der Waals surface area contributed by atoms with Gasteiger partial charge in [0.2, 0.25) is 0 Å². The van der Waals surface area contributed by atoms with Crippen molar-refractivity contribution >= 4 is 0 Å². The van der Waals surface area contributed by atoms with Gasteiger partial charge in [0.1, 0.15) is 0 Å². The van der Waals surface area contributed by atoms with Gasteiger partial charge in [-0.25, -0.2) is 0 Å². The summed E-state index contributed by atoms with van der Waals surface area (Å²) in [7, 11) is 0. The molecule has 0 amide bonds. The SMILES string of the molecule is CCN1CCC(CN[C@@H]2CCC[C@H]2O)CC1. The number of rotatable bonds is 4. The number of hydrogen-bond donors (Lipinski definition) is 2. The molecule has 3 nitrogen and oxygen atoms in total. The molecule has 2 fully saturated rings. The van der Waals surface area contributed by atoms with Gasteiger partial charge in [0.05, 0.1) is 6.10 Å². The summed E-state index contributed by atoms with van der Waals surface area (Å²) in [5.74, 6) is 0.829. The normalized spacial score (nSPS) is 33.4. The van der Waals surface area contributed by atoms with Crippen LogP contribution in [0.15, 0.2) is 0 Å². The Morgan fingerprint density at radius 3 is 2.50 bits per heavy atom. The molecule has 1 saturated carbocycles. The first-order chi connectivity index (χ1) is 7.79. The zero-order valence-electron chi connectivity index (χ0n) is 10.5. The van der Waals surface area contributed by atoms with Gasteiger partial charge in [-0.05, 0) is 64.2 Å². The summed E-state index contributed by atoms with van der Waals surface area (Å²) in [6.07, 6.45) is 5.90. The summed E-state index contributed by atoms with van der Waals surface area (Å²) in [4.78, 5) is 2.53. The van der Waals surface area contributed by atoms with Crippen LogP contribution in [0.25, 0.3) is 0 Å². The summed E-state index contributed by atoms with van der Waals surface area (Å²) in [6.45, 7) is 7.07. The van der Waals surface area contributed by atoms with Crippen LogP contribution in [0, 0.1) is 5.92 Å². The van der Waals surface area contributed by atoms with Crippen LogP contribution in [0.1, 0.15) is 39.0 Å². The van der Waals surface area contributed by atoms with Crippen molar-refractivity contribution in [2.24, 2.45) is 5.92 Å². The Balaban J connectivity index is 1.63. The van der Waals surface area contributed by atoms with Crippen molar-refractivity contribution in [1.29, 1.82) is 0 Å². The highest BCUT2D eigenvalue weighted by Crippen LogP contribution is 2.21. The largest absolute Gasteiger partial charge is 0.392 e. The Hall–Kier alpha value is -0.120. The highest BCUT2D eigenvalue weighted by molar-refractivity contribution is 4.84. The maximum absolute atomic E-state index is 9.73. The number of aliphatic hydroxyl groups is 1. The first-order valence-corrected chi connectivity index (χ1v) is 6.93. The van der Waals surface area contributed by atoms with Gasteiger partial charge in [-0.1, -0.05) is 6.92 Å². The van der Waals surface area contributed by atoms with Crippen LogP contribution >= 0.6 is 0 Å². The molecule has 0 aromatic heterocycles. The van der Waals surface area contributed by atoms with Crippen molar-refractivity contribution in [2.75, 3.05) is 26.2 Å². The molecule has 2 N–H and O–H groups in total. The number of nitrogens with zero attached hydrogens (tertiary/aromatic N) is 1. The summed E-state index contributed by atoms with van der Waals surface area (Å²) in [6, 6.07) is 0.379. The number of aliphatic hydroxyl groups excluding tert-OH is 1. The summed E-state index contributed by atoms with van der Waals surface area (Å²) in [5.41, 5.74) is 0. The predicted molar refractivity (Wildman–Crippen MR) is 66.5 cm³/mol. The van der Waals surface area contributed by atoms with Crippen molar-refractivity contribution in [2.45, 2.75) is 51.2 Å². The van der Waals surface area contributed by atoms with E-state index in [2.05, 4.69) is 17.1 Å². The van der Waals surface area contributed by atoms with Gasteiger partial charge in [0, 0.05) is 6.04 Å². The van der Waals surface area contributed by atoms with E-state index in [0.717, 1.165) is 25.3 Å². The second-order valence-corrected chi connectivity index (χ2v) is 5.39. The van der Waals surface area contributed by atoms with E-state index in [-0.39, 0.29) is 6.10 Å². The van der Waals surface area contributed by atoms with Crippen LogP contribution in [0.2, 0.25) is 0 Å². The first kappa shape index (κ1) is 12.3. The van der Waals surface area contributed by atoms with Crippen LogP contribution in [0.5, 0.6) is 0 Å². The number of nitrogens with one attached hydrogen (secondary N) is 1. The lowest BCUT2D eigenvalue weighted by molar-refractivity contribution is 0.138. The molecule has 1 aliphatic carbocycles. The Morgan fingerprint density at radius 2 is 1.94 bits per heavy atom. The van der Waals surface area contributed by atoms with Crippen molar-refractivity contribution in [3.63, 3.8) is 0 Å². The minimum atomic E-state index is -0.0873. The molecule has 2 aliphatic rings. The predicted octanol–water partition coefficient (Wildman–Crippen LogP) is 1.22. The van der Waals surface area contributed by atoms with Crippen LogP contribution in [-0.4, -0.2) is 48.3 Å². The van der Waals surface area contributed by atoms with Crippen LogP contribution in [0.3, 0.4) is 0 Å². The van der Waals surface area contributed by atoms with Gasteiger partial charge >= 0.3 is 0 Å². The molecular weight excluding hydrogens is 200 g/mol. The molecule has 0 unspecified atom stereocenters. The quantitative estimate of drug-likeness (QED) is 0.756. The number of likely N-dealkylation sites (tertiary alicyclic amines) is 1. The molecule has 0 aromatic rings. The molecule has 1 saturated heterocycles. The van der Waals surface area contributed by atoms with Crippen molar-refractivity contribution in [3.8, 4) is 0 Å². The average Bonchev–Trinajstić information content (AvgIpc) is 2.73. The first-order valence-electron chi connectivity index (χ1n) is 6.93. The van der Waals surface area contributed by atoms with Crippen LogP contribution < -0.4 is 5.32 Å². The van der Waals surface area contributed by atoms with E-state index in [1.165, 1.54) is 38.9 Å². The monoisotopic (exact) mass is 226 g/mol. The fourth-order valence-corrected chi connectivity index (χ4v) is 3.00. The topological polar surface area (TPSA) is 35.5 Å². The van der Waals surface area contributed by atoms with Gasteiger partial charge in [-0.15, -0.1) is 0 Å². The summed E-state index contributed by atoms with van der Waals surface area (Å²) in [5, 5.41) is 13.3. The molecule has 2 rings (SSSR count). The highest BCUT2D eigenvalue weighted by Gasteiger charge is 2.26. The minimum absolute atomic E-state index is 0.0873. The molecule has 2 atom stereocenters. The van der Waals surface area contributed by atoms with Crippen LogP contribution in [0.4, 0.5) is 0 Å². The third kappa shape index (κ3) is 3.19. The molecule has 1 aliphatic heterocycles. The lowest BCUT2D eigenvalue weighted by atomic mass is 9.96. The Kier molecular flexibility index (Phi) is 4.62. The maximum Gasteiger partial charge on any atom is 0.0693 e. The van der Waals surface area contributed by atoms with Gasteiger partial charge in [0.15, 0.2) is 0 Å². The van der Waals surface area contributed by atoms with E-state index in [1.807, 2.05) is 0 Å². The average molecular weight is 226 g/mol. The van der Waals surface area contributed by atoms with Crippen LogP contribution in [-0.2, 0) is 0 Å². The summed E-state index contributed by atoms with van der Waals surface area (Å²) < 4.78 is 0. The fraction of sp³-hybridized carbons (Fsp3) is 1.00. The van der Waals surface area contributed by atoms with E-state index in [0.29, 0.717) is 6.04 Å². The lowest BCUT2D eigenvalue weighted by Crippen LogP contribution is -2.42. The van der Waals surface area contributed by atoms with E-state index in [9.17, 15) is 5.11 Å². The maximum atomic E-state index is 9.73. The lowest BCUT2D eigenvalue weighted by Gasteiger charge is -2.32. The van der Waals surface area contributed by atoms with Crippen molar-refractivity contribution in [1.82, 2.24) is 10.2 Å². The Bertz CT molecular complexity index is 202. The van der Waals surface area contributed by atoms with E-state index < -0.39 is 0 Å². The summed E-state index contributed by atoms with van der Waals surface area (Å²) >= 11 is 0. The van der Waals surface area contributed by atoms with Gasteiger partial charge in [-0.2, -0.15) is 0 Å². The zero-order chi connectivity index (χ0) is 11.4. The molecule has 0 radical (unpaired) electrons. The fourth-order valence-electron chi connectivity index (χ4n) is 3.00. The van der Waals surface area contributed by atoms with Gasteiger partial charge in [0.25, 0.3) is 0 Å². The van der Waals surface area contributed by atoms with E-state index >= 15 is 0 Å². The minimum Gasteiger partial charge on any atom is -0.392 e. The van der Waals surface area contributed by atoms with Gasteiger partial charge in [-0.3, -0.25) is 0 Å². The van der Waals surface area contributed by atoms with Gasteiger partial charge < -0.3 is 15.3 Å².